The van der Waals surface area contributed by atoms with Crippen LogP contribution in [0.3, 0.4) is 0 Å². The van der Waals surface area contributed by atoms with Gasteiger partial charge in [-0.05, 0) is 12.8 Å². The van der Waals surface area contributed by atoms with Crippen LogP contribution < -0.4 is 11.5 Å². The van der Waals surface area contributed by atoms with Gasteiger partial charge in [-0.25, -0.2) is 0 Å². The minimum absolute atomic E-state index is 0.0616. The molecule has 2 rings (SSSR count). The molecule has 0 bridgehead atoms. The van der Waals surface area contributed by atoms with E-state index in [4.69, 9.17) is 26.4 Å². The highest BCUT2D eigenvalue weighted by Crippen LogP contribution is 2.37. The smallest absolute Gasteiger partial charge is 0.193 e. The van der Waals surface area contributed by atoms with Crippen molar-refractivity contribution in [2.75, 3.05) is 19.8 Å². The fraction of sp³-hybridized carbons (Fsp3) is 0.800. The molecule has 0 amide bonds. The van der Waals surface area contributed by atoms with Crippen molar-refractivity contribution in [2.24, 2.45) is 16.5 Å². The number of hydrogen-bond donors (Lipinski definition) is 3. The van der Waals surface area contributed by atoms with Crippen LogP contribution in [0.4, 0.5) is 0 Å². The van der Waals surface area contributed by atoms with Gasteiger partial charge in [0.15, 0.2) is 11.1 Å². The summed E-state index contributed by atoms with van der Waals surface area (Å²) in [4.78, 5) is 3.73. The first-order chi connectivity index (χ1) is 8.10. The maximum Gasteiger partial charge on any atom is 0.193 e. The van der Waals surface area contributed by atoms with Crippen LogP contribution in [0, 0.1) is 5.41 Å². The number of ether oxygens (including phenoxy) is 2. The number of nitrogens with two attached hydrogens (primary N) is 2. The third kappa shape index (κ3) is 3.34. The Morgan fingerprint density at radius 1 is 1.41 bits per heavy atom. The Hall–Kier alpha value is -0.790. The average Bonchev–Trinajstić information content (AvgIpc) is 2.64. The summed E-state index contributed by atoms with van der Waals surface area (Å²) in [6, 6.07) is 0. The Balaban J connectivity index is 1.89. The molecule has 17 heavy (non-hydrogen) atoms. The third-order valence-corrected chi connectivity index (χ3v) is 4.07. The fourth-order valence-corrected chi connectivity index (χ4v) is 3.32. The van der Waals surface area contributed by atoms with Gasteiger partial charge in [0.05, 0.1) is 12.2 Å². The summed E-state index contributed by atoms with van der Waals surface area (Å²) in [6.45, 7) is 2.15. The van der Waals surface area contributed by atoms with Crippen LogP contribution >= 0.6 is 11.8 Å². The lowest BCUT2D eigenvalue weighted by Crippen LogP contribution is -2.41. The number of nitrogens with one attached hydrogen (secondary N) is 1. The van der Waals surface area contributed by atoms with Crippen LogP contribution in [0.15, 0.2) is 4.99 Å². The number of thioether (sulfide) groups is 1. The molecule has 2 atom stereocenters. The average molecular weight is 258 g/mol. The van der Waals surface area contributed by atoms with Gasteiger partial charge in [-0.3, -0.25) is 5.41 Å². The van der Waals surface area contributed by atoms with Gasteiger partial charge in [0, 0.05) is 24.9 Å². The Bertz CT molecular complexity index is 324. The second-order valence-corrected chi connectivity index (χ2v) is 5.70. The van der Waals surface area contributed by atoms with E-state index in [1.165, 1.54) is 11.8 Å². The molecule has 1 spiro atoms. The zero-order valence-corrected chi connectivity index (χ0v) is 10.5. The van der Waals surface area contributed by atoms with Crippen LogP contribution in [0.1, 0.15) is 19.3 Å². The number of hydrogen-bond acceptors (Lipinski definition) is 4. The molecule has 2 heterocycles. The highest BCUT2D eigenvalue weighted by Gasteiger charge is 2.41. The van der Waals surface area contributed by atoms with Gasteiger partial charge in [0.1, 0.15) is 0 Å². The van der Waals surface area contributed by atoms with Crippen molar-refractivity contribution in [3.8, 4) is 0 Å². The first kappa shape index (κ1) is 12.7. The summed E-state index contributed by atoms with van der Waals surface area (Å²) in [5.74, 6) is -0.0616. The summed E-state index contributed by atoms with van der Waals surface area (Å²) in [7, 11) is 0. The lowest BCUT2D eigenvalue weighted by Gasteiger charge is -2.36. The Morgan fingerprint density at radius 2 is 2.24 bits per heavy atom. The first-order valence-electron chi connectivity index (χ1n) is 5.66. The van der Waals surface area contributed by atoms with Gasteiger partial charge in [0.25, 0.3) is 0 Å². The summed E-state index contributed by atoms with van der Waals surface area (Å²) in [6.07, 6.45) is 2.77. The Labute approximate surface area is 105 Å². The number of guanidine groups is 1. The normalized spacial score (nSPS) is 32.6. The molecule has 6 nitrogen and oxygen atoms in total. The van der Waals surface area contributed by atoms with Crippen molar-refractivity contribution < 1.29 is 9.47 Å². The predicted octanol–water partition coefficient (Wildman–Crippen LogP) is 0.266. The van der Waals surface area contributed by atoms with E-state index in [9.17, 15) is 0 Å². The van der Waals surface area contributed by atoms with Crippen molar-refractivity contribution in [1.29, 1.82) is 5.41 Å². The molecule has 7 heteroatoms. The summed E-state index contributed by atoms with van der Waals surface area (Å²) >= 11 is 1.41. The minimum atomic E-state index is -0.131. The van der Waals surface area contributed by atoms with E-state index in [0.717, 1.165) is 32.5 Å². The lowest BCUT2D eigenvalue weighted by atomic mass is 9.93. The van der Waals surface area contributed by atoms with Gasteiger partial charge in [-0.2, -0.15) is 4.99 Å². The van der Waals surface area contributed by atoms with E-state index in [1.54, 1.807) is 0 Å². The molecule has 0 saturated carbocycles. The van der Waals surface area contributed by atoms with Crippen LogP contribution in [-0.2, 0) is 9.47 Å². The second-order valence-electron chi connectivity index (χ2n) is 4.41. The summed E-state index contributed by atoms with van der Waals surface area (Å²) < 4.78 is 11.2. The molecule has 96 valence electrons. The van der Waals surface area contributed by atoms with E-state index in [2.05, 4.69) is 4.99 Å². The van der Waals surface area contributed by atoms with E-state index >= 15 is 0 Å². The fourth-order valence-electron chi connectivity index (χ4n) is 2.25. The molecular formula is C10H18N4O2S. The summed E-state index contributed by atoms with van der Waals surface area (Å²) in [5, 5.41) is 8.16. The van der Waals surface area contributed by atoms with Gasteiger partial charge in [0.2, 0.25) is 0 Å². The number of aliphatic imine (C=N–C) groups is 1. The Morgan fingerprint density at radius 3 is 2.88 bits per heavy atom. The third-order valence-electron chi connectivity index (χ3n) is 3.02. The van der Waals surface area contributed by atoms with E-state index in [1.807, 2.05) is 0 Å². The highest BCUT2D eigenvalue weighted by molar-refractivity contribution is 8.14. The lowest BCUT2D eigenvalue weighted by molar-refractivity contribution is -0.0768. The molecule has 0 radical (unpaired) electrons. The number of amidine groups is 1. The topological polar surface area (TPSA) is 107 Å². The van der Waals surface area contributed by atoms with Gasteiger partial charge in [-0.15, -0.1) is 0 Å². The minimum Gasteiger partial charge on any atom is -0.378 e. The van der Waals surface area contributed by atoms with Crippen molar-refractivity contribution >= 4 is 22.9 Å². The highest BCUT2D eigenvalue weighted by atomic mass is 32.2. The van der Waals surface area contributed by atoms with Crippen LogP contribution in [0.5, 0.6) is 0 Å². The molecule has 2 fully saturated rings. The number of rotatable bonds is 1. The monoisotopic (exact) mass is 258 g/mol. The summed E-state index contributed by atoms with van der Waals surface area (Å²) in [5.41, 5.74) is 10.4. The second kappa shape index (κ2) is 5.24. The zero-order valence-electron chi connectivity index (χ0n) is 9.65. The molecule has 2 unspecified atom stereocenters. The molecule has 2 aliphatic rings. The first-order valence-corrected chi connectivity index (χ1v) is 6.54. The van der Waals surface area contributed by atoms with E-state index in [0.29, 0.717) is 11.9 Å². The maximum absolute atomic E-state index is 7.66. The van der Waals surface area contributed by atoms with Gasteiger partial charge >= 0.3 is 0 Å². The molecular weight excluding hydrogens is 240 g/mol. The molecule has 0 aromatic rings. The van der Waals surface area contributed by atoms with Crippen LogP contribution in [0.2, 0.25) is 0 Å². The van der Waals surface area contributed by atoms with Crippen molar-refractivity contribution in [2.45, 2.75) is 30.1 Å². The van der Waals surface area contributed by atoms with Crippen LogP contribution in [0.25, 0.3) is 0 Å². The largest absolute Gasteiger partial charge is 0.378 e. The molecule has 0 aliphatic carbocycles. The zero-order chi connectivity index (χ0) is 12.3. The van der Waals surface area contributed by atoms with Crippen LogP contribution in [-0.4, -0.2) is 41.8 Å². The molecule has 2 saturated heterocycles. The quantitative estimate of drug-likeness (QED) is 0.462. The van der Waals surface area contributed by atoms with Crippen molar-refractivity contribution in [3.63, 3.8) is 0 Å². The van der Waals surface area contributed by atoms with E-state index in [-0.39, 0.29) is 16.7 Å². The van der Waals surface area contributed by atoms with Crippen molar-refractivity contribution in [3.05, 3.63) is 0 Å². The predicted molar refractivity (Wildman–Crippen MR) is 68.3 cm³/mol. The molecule has 0 aromatic carbocycles. The molecule has 0 aromatic heterocycles. The van der Waals surface area contributed by atoms with Gasteiger partial charge in [-0.1, -0.05) is 11.8 Å². The van der Waals surface area contributed by atoms with E-state index < -0.39 is 0 Å². The maximum atomic E-state index is 7.66. The number of nitrogens with zero attached hydrogens (tertiary/aromatic N) is 1. The standard InChI is InChI=1S/C10H18N4O2S/c11-8(12)14-9(13)17-7-1-3-16-10(5-7)2-4-15-6-10/h7H,1-6H2,(H5,11,12,13,14). The van der Waals surface area contributed by atoms with Crippen molar-refractivity contribution in [1.82, 2.24) is 0 Å². The van der Waals surface area contributed by atoms with Gasteiger partial charge < -0.3 is 20.9 Å². The molecule has 2 aliphatic heterocycles. The Kier molecular flexibility index (Phi) is 3.90. The SMILES string of the molecule is N=C(N=C(N)N)SC1CCOC2(CCOC2)C1. The molecule has 5 N–H and O–H groups in total.